The Hall–Kier alpha value is -3.39. The molecule has 3 aliphatic rings. The fourth-order valence-corrected chi connectivity index (χ4v) is 6.00. The summed E-state index contributed by atoms with van der Waals surface area (Å²) in [6.45, 7) is 0.631. The first-order chi connectivity index (χ1) is 19.0. The van der Waals surface area contributed by atoms with Crippen molar-refractivity contribution in [2.45, 2.75) is 69.9 Å². The van der Waals surface area contributed by atoms with Crippen molar-refractivity contribution < 1.29 is 54.1 Å². The third-order valence-corrected chi connectivity index (χ3v) is 8.13. The molecule has 0 spiro atoms. The molecule has 0 amide bonds. The van der Waals surface area contributed by atoms with Crippen LogP contribution >= 0.6 is 0 Å². The van der Waals surface area contributed by atoms with Crippen molar-refractivity contribution in [3.05, 3.63) is 51.6 Å². The van der Waals surface area contributed by atoms with Gasteiger partial charge < -0.3 is 45.1 Å². The number of Topliss-reactive ketones (excluding diaryl/α,β-unsaturated/α-hetero) is 1. The predicted molar refractivity (Wildman–Crippen MR) is 143 cm³/mol. The van der Waals surface area contributed by atoms with Gasteiger partial charge in [0.1, 0.15) is 29.5 Å². The molecule has 222 valence electrons. The Morgan fingerprint density at radius 1 is 1.15 bits per heavy atom. The molecule has 6 atom stereocenters. The fourth-order valence-electron chi connectivity index (χ4n) is 6.00. The fraction of sp³-hybridized carbons (Fsp3) is 0.483. The van der Waals surface area contributed by atoms with Gasteiger partial charge in [0.15, 0.2) is 17.9 Å². The van der Waals surface area contributed by atoms with E-state index in [9.17, 15) is 39.9 Å². The molecule has 1 saturated heterocycles. The summed E-state index contributed by atoms with van der Waals surface area (Å²) in [5.74, 6) is -3.69. The molecular formula is C29H35NO11. The highest BCUT2D eigenvalue weighted by molar-refractivity contribution is 6.31. The minimum absolute atomic E-state index is 0. The third kappa shape index (κ3) is 4.70. The molecule has 4 unspecified atom stereocenters. The van der Waals surface area contributed by atoms with E-state index in [0.29, 0.717) is 0 Å². The van der Waals surface area contributed by atoms with Gasteiger partial charge in [0, 0.05) is 42.0 Å². The van der Waals surface area contributed by atoms with Gasteiger partial charge in [-0.15, -0.1) is 0 Å². The Labute approximate surface area is 236 Å². The summed E-state index contributed by atoms with van der Waals surface area (Å²) in [4.78, 5) is 39.9. The average Bonchev–Trinajstić information content (AvgIpc) is 2.94. The van der Waals surface area contributed by atoms with Crippen LogP contribution in [0.25, 0.3) is 0 Å². The number of ether oxygens (including phenoxy) is 3. The first kappa shape index (κ1) is 30.6. The Morgan fingerprint density at radius 3 is 2.46 bits per heavy atom. The van der Waals surface area contributed by atoms with Crippen LogP contribution in [0.3, 0.4) is 0 Å². The number of hydrogen-bond donors (Lipinski definition) is 6. The summed E-state index contributed by atoms with van der Waals surface area (Å²) in [7, 11) is 2.99. The van der Waals surface area contributed by atoms with Crippen LogP contribution in [-0.2, 0) is 20.7 Å². The molecule has 41 heavy (non-hydrogen) atoms. The second-order valence-corrected chi connectivity index (χ2v) is 10.4. The number of methoxy groups -OCH3 is 1. The highest BCUT2D eigenvalue weighted by atomic mass is 16.7. The van der Waals surface area contributed by atoms with Crippen LogP contribution < -0.4 is 10.1 Å². The zero-order valence-corrected chi connectivity index (χ0v) is 22.1. The van der Waals surface area contributed by atoms with Crippen molar-refractivity contribution in [2.75, 3.05) is 20.8 Å². The van der Waals surface area contributed by atoms with Crippen molar-refractivity contribution >= 4 is 17.3 Å². The molecule has 0 aromatic heterocycles. The van der Waals surface area contributed by atoms with Crippen LogP contribution in [0.4, 0.5) is 0 Å². The van der Waals surface area contributed by atoms with E-state index in [0.717, 1.165) is 0 Å². The van der Waals surface area contributed by atoms with Crippen molar-refractivity contribution in [2.24, 2.45) is 0 Å². The standard InChI is InChI=1S/C28H31NO11.CH4/c1-11-23(32)14(29-2)7-18(39-11)40-16-9-28(37,17(31)10-30)8-13-20(16)27(36)22-21(25(13)34)24(33)12-5-4-6-15(38-3)19(12)26(22)35;/h4-6,11,14,16,18,23,29-30,32,34,36-37H,7-10H2,1-3H3;1H4/t11?,14?,16-,18?,23?,28-;/m0./s1. The average molecular weight is 574 g/mol. The van der Waals surface area contributed by atoms with E-state index in [-0.39, 0.29) is 41.9 Å². The van der Waals surface area contributed by atoms with Crippen LogP contribution in [-0.4, -0.2) is 93.8 Å². The summed E-state index contributed by atoms with van der Waals surface area (Å²) in [5.41, 5.74) is -3.52. The summed E-state index contributed by atoms with van der Waals surface area (Å²) < 4.78 is 17.2. The van der Waals surface area contributed by atoms with Crippen molar-refractivity contribution in [3.8, 4) is 17.2 Å². The number of carbonyl (C=O) groups excluding carboxylic acids is 3. The van der Waals surface area contributed by atoms with E-state index in [1.807, 2.05) is 0 Å². The van der Waals surface area contributed by atoms with Crippen LogP contribution in [0.1, 0.15) is 76.3 Å². The highest BCUT2D eigenvalue weighted by Gasteiger charge is 2.50. The topological polar surface area (TPSA) is 192 Å². The second kappa shape index (κ2) is 11.1. The van der Waals surface area contributed by atoms with Gasteiger partial charge in [-0.3, -0.25) is 14.4 Å². The van der Waals surface area contributed by atoms with Crippen LogP contribution in [0.2, 0.25) is 0 Å². The number of fused-ring (bicyclic) bond motifs is 3. The van der Waals surface area contributed by atoms with Gasteiger partial charge in [-0.25, -0.2) is 0 Å². The molecular weight excluding hydrogens is 538 g/mol. The highest BCUT2D eigenvalue weighted by Crippen LogP contribution is 2.52. The van der Waals surface area contributed by atoms with E-state index in [2.05, 4.69) is 5.32 Å². The Balaban J connectivity index is 0.00000387. The Morgan fingerprint density at radius 2 is 1.83 bits per heavy atom. The van der Waals surface area contributed by atoms with Gasteiger partial charge in [-0.2, -0.15) is 0 Å². The molecule has 1 aliphatic heterocycles. The molecule has 2 aromatic carbocycles. The largest absolute Gasteiger partial charge is 0.507 e. The quantitative estimate of drug-likeness (QED) is 0.229. The van der Waals surface area contributed by atoms with Gasteiger partial charge in [0.05, 0.1) is 42.1 Å². The number of benzene rings is 2. The summed E-state index contributed by atoms with van der Waals surface area (Å²) in [5, 5.41) is 57.1. The van der Waals surface area contributed by atoms with Crippen molar-refractivity contribution in [1.82, 2.24) is 5.32 Å². The number of likely N-dealkylation sites (N-methyl/N-ethyl adjacent to an activating group) is 1. The minimum Gasteiger partial charge on any atom is -0.507 e. The molecule has 12 heteroatoms. The van der Waals surface area contributed by atoms with Crippen molar-refractivity contribution in [1.29, 1.82) is 0 Å². The maximum atomic E-state index is 13.7. The lowest BCUT2D eigenvalue weighted by molar-refractivity contribution is -0.249. The molecule has 2 aliphatic carbocycles. The van der Waals surface area contributed by atoms with Crippen LogP contribution in [0.15, 0.2) is 18.2 Å². The first-order valence-electron chi connectivity index (χ1n) is 12.9. The summed E-state index contributed by atoms with van der Waals surface area (Å²) in [6, 6.07) is 3.96. The van der Waals surface area contributed by atoms with E-state index < -0.39 is 95.7 Å². The number of phenols is 2. The normalized spacial score (nSPS) is 28.7. The van der Waals surface area contributed by atoms with E-state index in [1.165, 1.54) is 25.3 Å². The zero-order valence-electron chi connectivity index (χ0n) is 22.1. The summed E-state index contributed by atoms with van der Waals surface area (Å²) >= 11 is 0. The van der Waals surface area contributed by atoms with Crippen molar-refractivity contribution in [3.63, 3.8) is 0 Å². The number of aliphatic hydroxyl groups excluding tert-OH is 2. The van der Waals surface area contributed by atoms with Gasteiger partial charge in [0.25, 0.3) is 0 Å². The molecule has 2 aromatic rings. The lowest BCUT2D eigenvalue weighted by Gasteiger charge is -2.42. The maximum absolute atomic E-state index is 13.7. The lowest BCUT2D eigenvalue weighted by atomic mass is 9.72. The lowest BCUT2D eigenvalue weighted by Crippen LogP contribution is -2.53. The molecule has 12 nitrogen and oxygen atoms in total. The molecule has 0 bridgehead atoms. The molecule has 0 saturated carbocycles. The van der Waals surface area contributed by atoms with Crippen LogP contribution in [0.5, 0.6) is 17.2 Å². The van der Waals surface area contributed by atoms with Gasteiger partial charge in [-0.1, -0.05) is 19.6 Å². The number of carbonyl (C=O) groups is 3. The molecule has 6 N–H and O–H groups in total. The number of nitrogens with one attached hydrogen (secondary N) is 1. The monoisotopic (exact) mass is 573 g/mol. The molecule has 1 heterocycles. The maximum Gasteiger partial charge on any atom is 0.202 e. The van der Waals surface area contributed by atoms with E-state index in [4.69, 9.17) is 14.2 Å². The number of phenolic OH excluding ortho intramolecular Hbond substituents is 2. The third-order valence-electron chi connectivity index (χ3n) is 8.13. The number of aliphatic hydroxyl groups is 3. The predicted octanol–water partition coefficient (Wildman–Crippen LogP) is 0.898. The first-order valence-corrected chi connectivity index (χ1v) is 12.9. The second-order valence-electron chi connectivity index (χ2n) is 10.4. The van der Waals surface area contributed by atoms with Gasteiger partial charge >= 0.3 is 0 Å². The number of rotatable bonds is 6. The minimum atomic E-state index is -2.23. The number of hydrogen-bond acceptors (Lipinski definition) is 12. The zero-order chi connectivity index (χ0) is 29.1. The Kier molecular flexibility index (Phi) is 8.29. The molecule has 0 radical (unpaired) electrons. The SMILES string of the molecule is C.CNC1CC(O[C@H]2C[C@](O)(C(=O)CO)Cc3c(O)c4c(c(O)c32)C(=O)c2c(OC)cccc2C4=O)OC(C)C1O. The Bertz CT molecular complexity index is 1410. The summed E-state index contributed by atoms with van der Waals surface area (Å²) in [6.07, 6.45) is -4.66. The van der Waals surface area contributed by atoms with Gasteiger partial charge in [-0.05, 0) is 20.0 Å². The van der Waals surface area contributed by atoms with E-state index in [1.54, 1.807) is 14.0 Å². The number of ketones is 3. The van der Waals surface area contributed by atoms with Crippen LogP contribution in [0, 0.1) is 0 Å². The molecule has 1 fully saturated rings. The smallest absolute Gasteiger partial charge is 0.202 e. The number of aromatic hydroxyl groups is 2. The van der Waals surface area contributed by atoms with Gasteiger partial charge in [0.2, 0.25) is 5.78 Å². The molecule has 5 rings (SSSR count). The van der Waals surface area contributed by atoms with E-state index >= 15 is 0 Å².